The van der Waals surface area contributed by atoms with Crippen LogP contribution in [0, 0.1) is 0 Å². The molecule has 2 N–H and O–H groups in total. The molecule has 13 heteroatoms. The summed E-state index contributed by atoms with van der Waals surface area (Å²) in [5.74, 6) is -5.79. The third kappa shape index (κ3) is 6.20. The van der Waals surface area contributed by atoms with Crippen LogP contribution in [0.3, 0.4) is 0 Å². The number of fused-ring (bicyclic) bond motifs is 1. The van der Waals surface area contributed by atoms with Crippen LogP contribution in [0.15, 0.2) is 77.7 Å². The number of ether oxygens (including phenoxy) is 1. The van der Waals surface area contributed by atoms with Crippen molar-refractivity contribution < 1.29 is 40.7 Å². The molecule has 2 amide bonds. The van der Waals surface area contributed by atoms with Crippen molar-refractivity contribution in [3.05, 3.63) is 78.4 Å². The molecule has 1 aliphatic heterocycles. The van der Waals surface area contributed by atoms with Crippen LogP contribution in [0.25, 0.3) is 10.8 Å². The Hall–Kier alpha value is -3.97. The Balaban J connectivity index is 1.79. The van der Waals surface area contributed by atoms with E-state index < -0.39 is 46.0 Å². The predicted molar refractivity (Wildman–Crippen MR) is 134 cm³/mol. The zero-order chi connectivity index (χ0) is 28.3. The molecular formula is C26H24F3N3O6S. The van der Waals surface area contributed by atoms with E-state index in [4.69, 9.17) is 0 Å². The van der Waals surface area contributed by atoms with Crippen molar-refractivity contribution in [3.63, 3.8) is 0 Å². The van der Waals surface area contributed by atoms with Gasteiger partial charge in [-0.3, -0.25) is 9.59 Å². The molecule has 39 heavy (non-hydrogen) atoms. The van der Waals surface area contributed by atoms with Gasteiger partial charge in [0, 0.05) is 32.6 Å². The Bertz CT molecular complexity index is 1490. The fourth-order valence-corrected chi connectivity index (χ4v) is 5.26. The van der Waals surface area contributed by atoms with E-state index >= 15 is 0 Å². The van der Waals surface area contributed by atoms with E-state index in [9.17, 15) is 36.0 Å². The summed E-state index contributed by atoms with van der Waals surface area (Å²) in [6, 6.07) is 18.2. The highest BCUT2D eigenvalue weighted by molar-refractivity contribution is 7.90. The van der Waals surface area contributed by atoms with Gasteiger partial charge >= 0.3 is 12.1 Å². The van der Waals surface area contributed by atoms with E-state index in [1.165, 1.54) is 42.5 Å². The number of sulfonamides is 1. The molecule has 3 aromatic rings. The quantitative estimate of drug-likeness (QED) is 0.334. The van der Waals surface area contributed by atoms with Crippen LogP contribution in [0.1, 0.15) is 5.56 Å². The topological polar surface area (TPSA) is 122 Å². The number of benzene rings is 3. The monoisotopic (exact) mass is 563 g/mol. The Morgan fingerprint density at radius 3 is 2.15 bits per heavy atom. The number of carbonyl (C=O) groups excluding carboxylic acids is 3. The van der Waals surface area contributed by atoms with Crippen LogP contribution in [0.4, 0.5) is 13.2 Å². The number of rotatable bonds is 7. The summed E-state index contributed by atoms with van der Waals surface area (Å²) >= 11 is 0. The van der Waals surface area contributed by atoms with Gasteiger partial charge in [0.15, 0.2) is 0 Å². The molecule has 0 radical (unpaired) electrons. The molecular weight excluding hydrogens is 539 g/mol. The number of halogens is 3. The number of nitrogens with one attached hydrogen (secondary N) is 2. The summed E-state index contributed by atoms with van der Waals surface area (Å²) in [5, 5.41) is 4.18. The fraction of sp³-hybridized carbons (Fsp3) is 0.269. The maximum Gasteiger partial charge on any atom is 0.490 e. The van der Waals surface area contributed by atoms with Gasteiger partial charge in [0.05, 0.1) is 4.90 Å². The van der Waals surface area contributed by atoms with Gasteiger partial charge in [-0.1, -0.05) is 60.7 Å². The standard InChI is InChI=1S/C26H24F3N3O6S/c27-26(28,29)24(35)38-25(17-18-6-2-1-3-7-18,23(34)32-14-12-30-13-15-32)22(33)31-39(36,37)21-11-10-19-8-4-5-9-20(19)16-21/h1-11,16,30H,12-15,17H2,(H,31,33). The molecule has 206 valence electrons. The lowest BCUT2D eigenvalue weighted by Gasteiger charge is -2.37. The van der Waals surface area contributed by atoms with Crippen LogP contribution in [-0.2, 0) is 35.6 Å². The number of esters is 1. The fourth-order valence-electron chi connectivity index (χ4n) is 4.20. The van der Waals surface area contributed by atoms with Gasteiger partial charge in [-0.25, -0.2) is 17.9 Å². The third-order valence-electron chi connectivity index (χ3n) is 6.17. The van der Waals surface area contributed by atoms with Crippen molar-refractivity contribution in [1.29, 1.82) is 0 Å². The van der Waals surface area contributed by atoms with Gasteiger partial charge < -0.3 is 15.0 Å². The highest BCUT2D eigenvalue weighted by Gasteiger charge is 2.57. The molecule has 4 rings (SSSR count). The van der Waals surface area contributed by atoms with Crippen LogP contribution in [-0.4, -0.2) is 69.1 Å². The molecule has 0 spiro atoms. The van der Waals surface area contributed by atoms with Crippen molar-refractivity contribution in [2.45, 2.75) is 23.1 Å². The van der Waals surface area contributed by atoms with Crippen molar-refractivity contribution in [1.82, 2.24) is 14.9 Å². The number of nitrogens with zero attached hydrogens (tertiary/aromatic N) is 1. The van der Waals surface area contributed by atoms with Gasteiger partial charge in [-0.05, 0) is 28.5 Å². The van der Waals surface area contributed by atoms with Gasteiger partial charge in [0.2, 0.25) is 0 Å². The maximum atomic E-state index is 13.7. The average molecular weight is 564 g/mol. The van der Waals surface area contributed by atoms with Crippen LogP contribution in [0.5, 0.6) is 0 Å². The number of alkyl halides is 3. The van der Waals surface area contributed by atoms with E-state index in [1.807, 2.05) is 0 Å². The molecule has 9 nitrogen and oxygen atoms in total. The minimum Gasteiger partial charge on any atom is -0.432 e. The molecule has 1 heterocycles. The lowest BCUT2D eigenvalue weighted by molar-refractivity contribution is -0.216. The maximum absolute atomic E-state index is 13.7. The van der Waals surface area contributed by atoms with Gasteiger partial charge in [0.1, 0.15) is 0 Å². The van der Waals surface area contributed by atoms with Crippen molar-refractivity contribution in [2.75, 3.05) is 26.2 Å². The first-order valence-corrected chi connectivity index (χ1v) is 13.3. The minimum atomic E-state index is -5.57. The van der Waals surface area contributed by atoms with Crippen LogP contribution in [0.2, 0.25) is 0 Å². The highest BCUT2D eigenvalue weighted by atomic mass is 32.2. The summed E-state index contributed by atoms with van der Waals surface area (Å²) in [5.41, 5.74) is -3.01. The minimum absolute atomic E-state index is 0.0103. The second-order valence-corrected chi connectivity index (χ2v) is 10.5. The Kier molecular flexibility index (Phi) is 7.93. The SMILES string of the molecule is O=C(OC(Cc1ccccc1)(C(=O)NS(=O)(=O)c1ccc2ccccc2c1)C(=O)N1CCNCC1)C(F)(F)F. The number of carbonyl (C=O) groups is 3. The second-order valence-electron chi connectivity index (χ2n) is 8.86. The summed E-state index contributed by atoms with van der Waals surface area (Å²) in [7, 11) is -4.72. The van der Waals surface area contributed by atoms with Crippen molar-refractivity contribution in [2.24, 2.45) is 0 Å². The van der Waals surface area contributed by atoms with E-state index in [2.05, 4.69) is 10.1 Å². The Labute approximate surface area is 222 Å². The first-order chi connectivity index (χ1) is 18.4. The number of hydrogen-bond acceptors (Lipinski definition) is 7. The molecule has 0 bridgehead atoms. The molecule has 0 saturated carbocycles. The highest BCUT2D eigenvalue weighted by Crippen LogP contribution is 2.29. The van der Waals surface area contributed by atoms with Crippen molar-refractivity contribution in [3.8, 4) is 0 Å². The van der Waals surface area contributed by atoms with E-state index in [-0.39, 0.29) is 36.6 Å². The number of hydrogen-bond donors (Lipinski definition) is 2. The second kappa shape index (κ2) is 11.0. The first-order valence-electron chi connectivity index (χ1n) is 11.8. The summed E-state index contributed by atoms with van der Waals surface area (Å²) in [6.45, 7) is 0.502. The molecule has 1 aliphatic rings. The largest absolute Gasteiger partial charge is 0.490 e. The first kappa shape index (κ1) is 28.0. The smallest absolute Gasteiger partial charge is 0.432 e. The van der Waals surface area contributed by atoms with E-state index in [0.717, 1.165) is 4.90 Å². The lowest BCUT2D eigenvalue weighted by Crippen LogP contribution is -2.65. The molecule has 0 aromatic heterocycles. The normalized spacial score (nSPS) is 15.8. The number of amides is 2. The zero-order valence-corrected chi connectivity index (χ0v) is 21.2. The van der Waals surface area contributed by atoms with Gasteiger partial charge in [-0.2, -0.15) is 13.2 Å². The van der Waals surface area contributed by atoms with Crippen LogP contribution >= 0.6 is 0 Å². The molecule has 1 fully saturated rings. The number of piperazine rings is 1. The average Bonchev–Trinajstić information content (AvgIpc) is 2.92. The zero-order valence-electron chi connectivity index (χ0n) is 20.4. The summed E-state index contributed by atoms with van der Waals surface area (Å²) in [6.07, 6.45) is -6.40. The lowest BCUT2D eigenvalue weighted by atomic mass is 9.91. The van der Waals surface area contributed by atoms with E-state index in [1.54, 1.807) is 35.1 Å². The van der Waals surface area contributed by atoms with Crippen LogP contribution < -0.4 is 10.0 Å². The van der Waals surface area contributed by atoms with Gasteiger partial charge in [0.25, 0.3) is 27.4 Å². The molecule has 1 unspecified atom stereocenters. The Morgan fingerprint density at radius 2 is 1.51 bits per heavy atom. The summed E-state index contributed by atoms with van der Waals surface area (Å²) in [4.78, 5) is 40.2. The molecule has 1 saturated heterocycles. The predicted octanol–water partition coefficient (Wildman–Crippen LogP) is 2.16. The molecule has 0 aliphatic carbocycles. The molecule has 1 atom stereocenters. The van der Waals surface area contributed by atoms with E-state index in [0.29, 0.717) is 10.8 Å². The summed E-state index contributed by atoms with van der Waals surface area (Å²) < 4.78 is 73.0. The third-order valence-corrected chi connectivity index (χ3v) is 7.50. The van der Waals surface area contributed by atoms with Crippen molar-refractivity contribution >= 4 is 38.6 Å². The Morgan fingerprint density at radius 1 is 0.897 bits per heavy atom. The molecule has 3 aromatic carbocycles. The van der Waals surface area contributed by atoms with Gasteiger partial charge in [-0.15, -0.1) is 0 Å².